The van der Waals surface area contributed by atoms with E-state index in [-0.39, 0.29) is 0 Å². The van der Waals surface area contributed by atoms with Crippen molar-refractivity contribution in [2.24, 2.45) is 0 Å². The molecule has 8 heteroatoms. The molecule has 0 aromatic heterocycles. The highest BCUT2D eigenvalue weighted by Crippen LogP contribution is 2.20. The third-order valence-corrected chi connectivity index (χ3v) is 6.30. The van der Waals surface area contributed by atoms with Crippen LogP contribution in [-0.4, -0.2) is 47.0 Å². The molecule has 124 valence electrons. The zero-order chi connectivity index (χ0) is 16.2. The number of nitrogens with one attached hydrogen (secondary N) is 1. The van der Waals surface area contributed by atoms with Gasteiger partial charge in [0.25, 0.3) is 0 Å². The Balaban J connectivity index is 2.01. The maximum absolute atomic E-state index is 12.5. The van der Waals surface area contributed by atoms with Gasteiger partial charge >= 0.3 is 0 Å². The van der Waals surface area contributed by atoms with Gasteiger partial charge in [-0.3, -0.25) is 0 Å². The first-order chi connectivity index (χ1) is 10.3. The standard InChI is InChI=1S/C14H22N2O4S2/c1-21(17,18)15-10-9-13-5-7-14(8-6-13)22(19,20)16-11-3-2-4-12-16/h5-8,15H,2-4,9-12H2,1H3. The van der Waals surface area contributed by atoms with Gasteiger partial charge in [0, 0.05) is 19.6 Å². The highest BCUT2D eigenvalue weighted by Gasteiger charge is 2.25. The Morgan fingerprint density at radius 1 is 1.00 bits per heavy atom. The van der Waals surface area contributed by atoms with Gasteiger partial charge in [0.2, 0.25) is 20.0 Å². The fraction of sp³-hybridized carbons (Fsp3) is 0.571. The van der Waals surface area contributed by atoms with Gasteiger partial charge in [-0.2, -0.15) is 4.31 Å². The van der Waals surface area contributed by atoms with E-state index in [1.54, 1.807) is 24.3 Å². The van der Waals surface area contributed by atoms with Gasteiger partial charge in [-0.1, -0.05) is 18.6 Å². The van der Waals surface area contributed by atoms with Crippen LogP contribution in [0.3, 0.4) is 0 Å². The predicted molar refractivity (Wildman–Crippen MR) is 85.6 cm³/mol. The van der Waals surface area contributed by atoms with Crippen molar-refractivity contribution in [2.75, 3.05) is 25.9 Å². The predicted octanol–water partition coefficient (Wildman–Crippen LogP) is 0.953. The first kappa shape index (κ1) is 17.4. The molecule has 1 aliphatic heterocycles. The second-order valence-corrected chi connectivity index (χ2v) is 9.30. The van der Waals surface area contributed by atoms with E-state index in [9.17, 15) is 16.8 Å². The first-order valence-corrected chi connectivity index (χ1v) is 10.7. The molecule has 0 spiro atoms. The molecule has 0 unspecified atom stereocenters. The largest absolute Gasteiger partial charge is 0.243 e. The Morgan fingerprint density at radius 3 is 2.14 bits per heavy atom. The average Bonchev–Trinajstić information content (AvgIpc) is 2.47. The van der Waals surface area contributed by atoms with Crippen molar-refractivity contribution >= 4 is 20.0 Å². The van der Waals surface area contributed by atoms with Crippen molar-refractivity contribution in [2.45, 2.75) is 30.6 Å². The van der Waals surface area contributed by atoms with E-state index in [4.69, 9.17) is 0 Å². The molecule has 0 amide bonds. The van der Waals surface area contributed by atoms with Crippen LogP contribution < -0.4 is 4.72 Å². The van der Waals surface area contributed by atoms with Crippen LogP contribution in [0.2, 0.25) is 0 Å². The maximum Gasteiger partial charge on any atom is 0.243 e. The minimum absolute atomic E-state index is 0.300. The Labute approximate surface area is 132 Å². The number of hydrogen-bond donors (Lipinski definition) is 1. The molecule has 1 saturated heterocycles. The van der Waals surface area contributed by atoms with Gasteiger partial charge in [0.1, 0.15) is 0 Å². The SMILES string of the molecule is CS(=O)(=O)NCCc1ccc(S(=O)(=O)N2CCCCC2)cc1. The van der Waals surface area contributed by atoms with E-state index in [1.807, 2.05) is 0 Å². The van der Waals surface area contributed by atoms with Gasteiger partial charge in [-0.05, 0) is 37.0 Å². The molecule has 0 aliphatic carbocycles. The third-order valence-electron chi connectivity index (χ3n) is 3.65. The lowest BCUT2D eigenvalue weighted by molar-refractivity contribution is 0.346. The molecule has 2 rings (SSSR count). The van der Waals surface area contributed by atoms with Crippen molar-refractivity contribution in [1.29, 1.82) is 0 Å². The van der Waals surface area contributed by atoms with Crippen LogP contribution in [0.5, 0.6) is 0 Å². The van der Waals surface area contributed by atoms with Crippen LogP contribution in [0.1, 0.15) is 24.8 Å². The highest BCUT2D eigenvalue weighted by molar-refractivity contribution is 7.89. The summed E-state index contributed by atoms with van der Waals surface area (Å²) in [5, 5.41) is 0. The van der Waals surface area contributed by atoms with Crippen LogP contribution in [0.25, 0.3) is 0 Å². The van der Waals surface area contributed by atoms with Gasteiger partial charge < -0.3 is 0 Å². The van der Waals surface area contributed by atoms with Gasteiger partial charge in [-0.25, -0.2) is 21.6 Å². The number of sulfonamides is 2. The molecule has 0 atom stereocenters. The van der Waals surface area contributed by atoms with Crippen molar-refractivity contribution < 1.29 is 16.8 Å². The summed E-state index contributed by atoms with van der Waals surface area (Å²) >= 11 is 0. The summed E-state index contributed by atoms with van der Waals surface area (Å²) in [6.45, 7) is 1.47. The van der Waals surface area contributed by atoms with Crippen molar-refractivity contribution in [3.8, 4) is 0 Å². The number of piperidine rings is 1. The van der Waals surface area contributed by atoms with Gasteiger partial charge in [0.05, 0.1) is 11.2 Å². The Bertz CT molecular complexity index is 691. The summed E-state index contributed by atoms with van der Waals surface area (Å²) < 4.78 is 50.9. The molecule has 1 N–H and O–H groups in total. The maximum atomic E-state index is 12.5. The molecule has 1 aromatic carbocycles. The number of hydrogen-bond acceptors (Lipinski definition) is 4. The van der Waals surface area contributed by atoms with Gasteiger partial charge in [0.15, 0.2) is 0 Å². The molecule has 0 radical (unpaired) electrons. The van der Waals surface area contributed by atoms with Crippen molar-refractivity contribution in [3.63, 3.8) is 0 Å². The van der Waals surface area contributed by atoms with E-state index < -0.39 is 20.0 Å². The second kappa shape index (κ2) is 7.08. The lowest BCUT2D eigenvalue weighted by atomic mass is 10.2. The quantitative estimate of drug-likeness (QED) is 0.831. The molecule has 22 heavy (non-hydrogen) atoms. The minimum Gasteiger partial charge on any atom is -0.215 e. The van der Waals surface area contributed by atoms with Crippen LogP contribution in [-0.2, 0) is 26.5 Å². The molecule has 1 aromatic rings. The molecular formula is C14H22N2O4S2. The van der Waals surface area contributed by atoms with Crippen molar-refractivity contribution in [1.82, 2.24) is 9.03 Å². The molecule has 1 fully saturated rings. The van der Waals surface area contributed by atoms with E-state index in [0.717, 1.165) is 31.1 Å². The van der Waals surface area contributed by atoms with Crippen molar-refractivity contribution in [3.05, 3.63) is 29.8 Å². The summed E-state index contributed by atoms with van der Waals surface area (Å²) in [6.07, 6.45) is 4.54. The zero-order valence-corrected chi connectivity index (χ0v) is 14.3. The Morgan fingerprint density at radius 2 is 1.59 bits per heavy atom. The average molecular weight is 346 g/mol. The molecule has 0 bridgehead atoms. The lowest BCUT2D eigenvalue weighted by Gasteiger charge is -2.25. The highest BCUT2D eigenvalue weighted by atomic mass is 32.2. The molecule has 1 heterocycles. The second-order valence-electron chi connectivity index (χ2n) is 5.53. The summed E-state index contributed by atoms with van der Waals surface area (Å²) in [5.74, 6) is 0. The summed E-state index contributed by atoms with van der Waals surface area (Å²) in [5.41, 5.74) is 0.897. The normalized spacial score (nSPS) is 17.5. The fourth-order valence-electron chi connectivity index (χ4n) is 2.46. The summed E-state index contributed by atoms with van der Waals surface area (Å²) in [7, 11) is -6.59. The minimum atomic E-state index is -3.40. The number of nitrogens with zero attached hydrogens (tertiary/aromatic N) is 1. The zero-order valence-electron chi connectivity index (χ0n) is 12.7. The summed E-state index contributed by atoms with van der Waals surface area (Å²) in [4.78, 5) is 0.300. The van der Waals surface area contributed by atoms with Crippen LogP contribution in [0.15, 0.2) is 29.2 Å². The van der Waals surface area contributed by atoms with Gasteiger partial charge in [-0.15, -0.1) is 0 Å². The molecule has 1 aliphatic rings. The van der Waals surface area contributed by atoms with E-state index in [1.165, 1.54) is 4.31 Å². The van der Waals surface area contributed by atoms with Crippen LogP contribution >= 0.6 is 0 Å². The number of rotatable bonds is 6. The first-order valence-electron chi connectivity index (χ1n) is 7.33. The monoisotopic (exact) mass is 346 g/mol. The Hall–Kier alpha value is -0.960. The smallest absolute Gasteiger partial charge is 0.215 e. The third kappa shape index (κ3) is 4.77. The van der Waals surface area contributed by atoms with E-state index in [2.05, 4.69) is 4.72 Å². The lowest BCUT2D eigenvalue weighted by Crippen LogP contribution is -2.35. The van der Waals surface area contributed by atoms with Crippen LogP contribution in [0.4, 0.5) is 0 Å². The van der Waals surface area contributed by atoms with Crippen LogP contribution in [0, 0.1) is 0 Å². The fourth-order valence-corrected chi connectivity index (χ4v) is 4.45. The Kier molecular flexibility index (Phi) is 5.60. The molecule has 6 nitrogen and oxygen atoms in total. The van der Waals surface area contributed by atoms with E-state index >= 15 is 0 Å². The molecular weight excluding hydrogens is 324 g/mol. The number of benzene rings is 1. The topological polar surface area (TPSA) is 83.5 Å². The molecule has 0 saturated carbocycles. The van der Waals surface area contributed by atoms with E-state index in [0.29, 0.717) is 31.0 Å². The summed E-state index contributed by atoms with van der Waals surface area (Å²) in [6, 6.07) is 6.67.